The van der Waals surface area contributed by atoms with Gasteiger partial charge in [-0.15, -0.1) is 0 Å². The third-order valence-corrected chi connectivity index (χ3v) is 6.24. The summed E-state index contributed by atoms with van der Waals surface area (Å²) in [6, 6.07) is 0. The molecule has 0 radical (unpaired) electrons. The number of sulfonamides is 1. The molecular weight excluding hydrogens is 256 g/mol. The highest BCUT2D eigenvalue weighted by molar-refractivity contribution is 7.89. The van der Waals surface area contributed by atoms with Gasteiger partial charge < -0.3 is 10.0 Å². The molecule has 0 aromatic carbocycles. The summed E-state index contributed by atoms with van der Waals surface area (Å²) in [6.07, 6.45) is 3.63. The molecule has 1 aliphatic carbocycles. The van der Waals surface area contributed by atoms with E-state index < -0.39 is 16.1 Å². The Bertz CT molecular complexity index is 395. The van der Waals surface area contributed by atoms with E-state index in [0.29, 0.717) is 13.1 Å². The second-order valence-electron chi connectivity index (χ2n) is 4.97. The molecule has 1 saturated heterocycles. The molecule has 6 nitrogen and oxygen atoms in total. The molecule has 0 aromatic rings. The maximum atomic E-state index is 12.4. The summed E-state index contributed by atoms with van der Waals surface area (Å²) < 4.78 is 26.2. The van der Waals surface area contributed by atoms with E-state index in [9.17, 15) is 13.2 Å². The van der Waals surface area contributed by atoms with Crippen LogP contribution in [-0.4, -0.2) is 60.3 Å². The lowest BCUT2D eigenvalue weighted by Crippen LogP contribution is -2.52. The van der Waals surface area contributed by atoms with Crippen LogP contribution in [-0.2, 0) is 10.0 Å². The molecule has 104 valence electrons. The summed E-state index contributed by atoms with van der Waals surface area (Å²) in [5.41, 5.74) is 0. The van der Waals surface area contributed by atoms with E-state index in [-0.39, 0.29) is 18.3 Å². The number of carboxylic acid groups (broad SMARTS) is 1. The van der Waals surface area contributed by atoms with Crippen molar-refractivity contribution >= 4 is 16.1 Å². The molecule has 0 bridgehead atoms. The molecule has 0 atom stereocenters. The molecule has 2 rings (SSSR count). The van der Waals surface area contributed by atoms with Gasteiger partial charge in [0.25, 0.3) is 0 Å². The highest BCUT2D eigenvalue weighted by Gasteiger charge is 2.35. The van der Waals surface area contributed by atoms with E-state index in [1.54, 1.807) is 0 Å². The van der Waals surface area contributed by atoms with Gasteiger partial charge in [0.15, 0.2) is 0 Å². The Hall–Kier alpha value is -0.820. The second-order valence-corrected chi connectivity index (χ2v) is 7.19. The zero-order valence-corrected chi connectivity index (χ0v) is 11.2. The summed E-state index contributed by atoms with van der Waals surface area (Å²) in [5.74, 6) is 0. The van der Waals surface area contributed by atoms with Crippen LogP contribution in [0.5, 0.6) is 0 Å². The molecule has 0 unspecified atom stereocenters. The number of carbonyl (C=O) groups is 1. The first-order valence-electron chi connectivity index (χ1n) is 6.48. The van der Waals surface area contributed by atoms with Crippen molar-refractivity contribution in [3.05, 3.63) is 0 Å². The van der Waals surface area contributed by atoms with Gasteiger partial charge in [-0.2, -0.15) is 4.31 Å². The average molecular weight is 276 g/mol. The Morgan fingerprint density at radius 1 is 1.00 bits per heavy atom. The summed E-state index contributed by atoms with van der Waals surface area (Å²) in [7, 11) is -3.22. The van der Waals surface area contributed by atoms with Gasteiger partial charge in [-0.25, -0.2) is 13.2 Å². The fourth-order valence-electron chi connectivity index (χ4n) is 2.71. The Morgan fingerprint density at radius 3 is 2.06 bits per heavy atom. The largest absolute Gasteiger partial charge is 0.465 e. The molecule has 1 aliphatic heterocycles. The number of hydrogen-bond acceptors (Lipinski definition) is 3. The summed E-state index contributed by atoms with van der Waals surface area (Å²) in [4.78, 5) is 12.0. The predicted molar refractivity (Wildman–Crippen MR) is 67.0 cm³/mol. The van der Waals surface area contributed by atoms with Crippen molar-refractivity contribution in [3.8, 4) is 0 Å². The molecule has 1 N–H and O–H groups in total. The summed E-state index contributed by atoms with van der Waals surface area (Å²) in [5, 5.41) is 8.59. The van der Waals surface area contributed by atoms with Crippen LogP contribution in [0.25, 0.3) is 0 Å². The van der Waals surface area contributed by atoms with E-state index in [2.05, 4.69) is 0 Å². The highest BCUT2D eigenvalue weighted by atomic mass is 32.2. The van der Waals surface area contributed by atoms with Crippen LogP contribution in [0.15, 0.2) is 0 Å². The Morgan fingerprint density at radius 2 is 1.56 bits per heavy atom. The van der Waals surface area contributed by atoms with E-state index in [1.807, 2.05) is 0 Å². The highest BCUT2D eigenvalue weighted by Crippen LogP contribution is 2.26. The number of hydrogen-bond donors (Lipinski definition) is 1. The zero-order chi connectivity index (χ0) is 13.2. The lowest BCUT2D eigenvalue weighted by molar-refractivity contribution is 0.126. The average Bonchev–Trinajstić information content (AvgIpc) is 2.40. The van der Waals surface area contributed by atoms with Crippen molar-refractivity contribution in [2.45, 2.75) is 37.4 Å². The molecule has 1 amide bonds. The Kier molecular flexibility index (Phi) is 4.11. The van der Waals surface area contributed by atoms with Crippen molar-refractivity contribution in [1.29, 1.82) is 0 Å². The summed E-state index contributed by atoms with van der Waals surface area (Å²) in [6.45, 7) is 1.15. The second kappa shape index (κ2) is 5.44. The van der Waals surface area contributed by atoms with Crippen LogP contribution < -0.4 is 0 Å². The normalized spacial score (nSPS) is 24.1. The molecule has 1 saturated carbocycles. The van der Waals surface area contributed by atoms with Gasteiger partial charge in [0.2, 0.25) is 10.0 Å². The van der Waals surface area contributed by atoms with Crippen LogP contribution in [0.3, 0.4) is 0 Å². The van der Waals surface area contributed by atoms with Crippen LogP contribution in [0.1, 0.15) is 32.1 Å². The lowest BCUT2D eigenvalue weighted by Gasteiger charge is -2.35. The maximum Gasteiger partial charge on any atom is 0.407 e. The minimum Gasteiger partial charge on any atom is -0.465 e. The SMILES string of the molecule is O=C(O)N1CCN(S(=O)(=O)C2CCCCC2)CC1. The molecule has 18 heavy (non-hydrogen) atoms. The Labute approximate surface area is 108 Å². The molecule has 0 spiro atoms. The van der Waals surface area contributed by atoms with Crippen molar-refractivity contribution in [1.82, 2.24) is 9.21 Å². The third-order valence-electron chi connectivity index (χ3n) is 3.84. The molecule has 0 aromatic heterocycles. The van der Waals surface area contributed by atoms with Crippen LogP contribution >= 0.6 is 0 Å². The van der Waals surface area contributed by atoms with Gasteiger partial charge in [-0.3, -0.25) is 0 Å². The Balaban J connectivity index is 1.97. The van der Waals surface area contributed by atoms with E-state index in [0.717, 1.165) is 32.1 Å². The van der Waals surface area contributed by atoms with E-state index in [1.165, 1.54) is 9.21 Å². The number of piperazine rings is 1. The zero-order valence-electron chi connectivity index (χ0n) is 10.4. The summed E-state index contributed by atoms with van der Waals surface area (Å²) >= 11 is 0. The van der Waals surface area contributed by atoms with Crippen LogP contribution in [0, 0.1) is 0 Å². The van der Waals surface area contributed by atoms with Gasteiger partial charge in [0, 0.05) is 26.2 Å². The molecule has 7 heteroatoms. The first-order chi connectivity index (χ1) is 8.51. The fraction of sp³-hybridized carbons (Fsp3) is 0.909. The van der Waals surface area contributed by atoms with Gasteiger partial charge >= 0.3 is 6.09 Å². The molecule has 2 fully saturated rings. The minimum atomic E-state index is -3.22. The monoisotopic (exact) mass is 276 g/mol. The van der Waals surface area contributed by atoms with Gasteiger partial charge in [0.05, 0.1) is 5.25 Å². The smallest absolute Gasteiger partial charge is 0.407 e. The van der Waals surface area contributed by atoms with Crippen molar-refractivity contribution in [2.24, 2.45) is 0 Å². The molecular formula is C11H20N2O4S. The van der Waals surface area contributed by atoms with E-state index in [4.69, 9.17) is 5.11 Å². The quantitative estimate of drug-likeness (QED) is 0.814. The first kappa shape index (κ1) is 13.6. The van der Waals surface area contributed by atoms with Crippen LogP contribution in [0.4, 0.5) is 4.79 Å². The van der Waals surface area contributed by atoms with Crippen molar-refractivity contribution < 1.29 is 18.3 Å². The van der Waals surface area contributed by atoms with Gasteiger partial charge in [-0.1, -0.05) is 19.3 Å². The number of nitrogens with zero attached hydrogens (tertiary/aromatic N) is 2. The molecule has 1 heterocycles. The first-order valence-corrected chi connectivity index (χ1v) is 7.99. The topological polar surface area (TPSA) is 77.9 Å². The van der Waals surface area contributed by atoms with Gasteiger partial charge in [-0.05, 0) is 12.8 Å². The maximum absolute atomic E-state index is 12.4. The predicted octanol–water partition coefficient (Wildman–Crippen LogP) is 0.944. The minimum absolute atomic E-state index is 0.248. The van der Waals surface area contributed by atoms with Gasteiger partial charge in [0.1, 0.15) is 0 Å². The van der Waals surface area contributed by atoms with Crippen molar-refractivity contribution in [2.75, 3.05) is 26.2 Å². The number of rotatable bonds is 2. The fourth-order valence-corrected chi connectivity index (χ4v) is 4.73. The number of amides is 1. The standard InChI is InChI=1S/C11H20N2O4S/c14-11(15)12-6-8-13(9-7-12)18(16,17)10-4-2-1-3-5-10/h10H,1-9H2,(H,14,15). The van der Waals surface area contributed by atoms with E-state index >= 15 is 0 Å². The van der Waals surface area contributed by atoms with Crippen molar-refractivity contribution in [3.63, 3.8) is 0 Å². The third kappa shape index (κ3) is 2.77. The lowest BCUT2D eigenvalue weighted by atomic mass is 10.0. The molecule has 2 aliphatic rings. The van der Waals surface area contributed by atoms with Crippen LogP contribution in [0.2, 0.25) is 0 Å².